The van der Waals surface area contributed by atoms with Crippen LogP contribution in [0.4, 0.5) is 15.8 Å². The number of Topliss-reactive ketones (excluding diaryl/α,β-unsaturated/α-hetero) is 1. The lowest BCUT2D eigenvalue weighted by molar-refractivity contribution is -0.114. The quantitative estimate of drug-likeness (QED) is 0.584. The zero-order chi connectivity index (χ0) is 23.9. The Morgan fingerprint density at radius 2 is 1.56 bits per heavy atom. The number of benzene rings is 2. The summed E-state index contributed by atoms with van der Waals surface area (Å²) in [5.41, 5.74) is 1.48. The van der Waals surface area contributed by atoms with Gasteiger partial charge in [0.2, 0.25) is 10.0 Å². The molecule has 0 unspecified atom stereocenters. The average Bonchev–Trinajstić information content (AvgIpc) is 3.10. The highest BCUT2D eigenvalue weighted by Crippen LogP contribution is 2.32. The molecule has 1 amide bonds. The maximum atomic E-state index is 13.2. The zero-order valence-electron chi connectivity index (χ0n) is 18.5. The minimum Gasteiger partial charge on any atom is -0.379 e. The highest BCUT2D eigenvalue weighted by Gasteiger charge is 2.38. The molecule has 0 saturated carbocycles. The molecule has 3 aliphatic heterocycles. The Hall–Kier alpha value is -2.86. The molecule has 34 heavy (non-hydrogen) atoms. The van der Waals surface area contributed by atoms with Crippen LogP contribution in [0.15, 0.2) is 47.4 Å². The summed E-state index contributed by atoms with van der Waals surface area (Å²) in [5, 5.41) is 0. The molecule has 2 fully saturated rings. The summed E-state index contributed by atoms with van der Waals surface area (Å²) in [7, 11) is -3.77. The third-order valence-corrected chi connectivity index (χ3v) is 8.35. The summed E-state index contributed by atoms with van der Waals surface area (Å²) in [6.45, 7) is 4.11. The second kappa shape index (κ2) is 9.06. The molecule has 0 bridgehead atoms. The van der Waals surface area contributed by atoms with Crippen molar-refractivity contribution >= 4 is 33.1 Å². The van der Waals surface area contributed by atoms with Gasteiger partial charge in [0, 0.05) is 45.0 Å². The van der Waals surface area contributed by atoms with Gasteiger partial charge in [0.15, 0.2) is 0 Å². The van der Waals surface area contributed by atoms with Gasteiger partial charge in [-0.05, 0) is 42.5 Å². The average molecular weight is 489 g/mol. The number of fused-ring (bicyclic) bond motifs is 1. The van der Waals surface area contributed by atoms with Gasteiger partial charge >= 0.3 is 5.91 Å². The number of sulfonamides is 1. The number of hydrogen-bond acceptors (Lipinski definition) is 7. The second-order valence-corrected chi connectivity index (χ2v) is 10.4. The van der Waals surface area contributed by atoms with Crippen molar-refractivity contribution < 1.29 is 27.1 Å². The van der Waals surface area contributed by atoms with Crippen LogP contribution in [0.2, 0.25) is 0 Å². The van der Waals surface area contributed by atoms with E-state index in [4.69, 9.17) is 4.74 Å². The molecular formula is C23H25FN4O5S. The molecule has 3 heterocycles. The number of carbonyl (C=O) groups is 2. The fourth-order valence-corrected chi connectivity index (χ4v) is 5.95. The third kappa shape index (κ3) is 4.20. The van der Waals surface area contributed by atoms with Crippen molar-refractivity contribution in [1.29, 1.82) is 0 Å². The normalized spacial score (nSPS) is 20.1. The summed E-state index contributed by atoms with van der Waals surface area (Å²) in [6.07, 6.45) is 0. The Morgan fingerprint density at radius 1 is 0.882 bits per heavy atom. The van der Waals surface area contributed by atoms with Crippen molar-refractivity contribution in [1.82, 2.24) is 9.21 Å². The summed E-state index contributed by atoms with van der Waals surface area (Å²) in [5.74, 6) is -1.63. The van der Waals surface area contributed by atoms with Crippen molar-refractivity contribution in [3.8, 4) is 0 Å². The van der Waals surface area contributed by atoms with E-state index in [1.807, 2.05) is 0 Å². The highest BCUT2D eigenvalue weighted by molar-refractivity contribution is 7.89. The molecule has 180 valence electrons. The first-order valence-corrected chi connectivity index (χ1v) is 12.6. The predicted molar refractivity (Wildman–Crippen MR) is 123 cm³/mol. The summed E-state index contributed by atoms with van der Waals surface area (Å²) >= 11 is 0. The SMILES string of the molecule is O=C1C(=O)N(CN2CCN(c3ccc(F)cc3)CC2)c2ccc(S(=O)(=O)N3CCOCC3)cc21. The van der Waals surface area contributed by atoms with E-state index in [0.29, 0.717) is 45.1 Å². The monoisotopic (exact) mass is 488 g/mol. The van der Waals surface area contributed by atoms with Crippen LogP contribution < -0.4 is 9.80 Å². The minimum atomic E-state index is -3.77. The zero-order valence-corrected chi connectivity index (χ0v) is 19.3. The summed E-state index contributed by atoms with van der Waals surface area (Å²) in [4.78, 5) is 31.1. The first kappa shape index (κ1) is 22.9. The highest BCUT2D eigenvalue weighted by atomic mass is 32.2. The van der Waals surface area contributed by atoms with E-state index in [1.165, 1.54) is 33.5 Å². The van der Waals surface area contributed by atoms with Crippen molar-refractivity contribution in [3.05, 3.63) is 53.8 Å². The second-order valence-electron chi connectivity index (χ2n) is 8.48. The van der Waals surface area contributed by atoms with Crippen molar-refractivity contribution in [2.24, 2.45) is 0 Å². The Kier molecular flexibility index (Phi) is 6.11. The number of amides is 1. The van der Waals surface area contributed by atoms with E-state index in [0.717, 1.165) is 5.69 Å². The molecule has 0 N–H and O–H groups in total. The number of morpholine rings is 1. The van der Waals surface area contributed by atoms with Gasteiger partial charge in [-0.2, -0.15) is 4.31 Å². The van der Waals surface area contributed by atoms with E-state index >= 15 is 0 Å². The van der Waals surface area contributed by atoms with Crippen molar-refractivity contribution in [2.75, 3.05) is 69.0 Å². The number of rotatable bonds is 5. The Labute approximate surface area is 197 Å². The van der Waals surface area contributed by atoms with Crippen LogP contribution in [0, 0.1) is 5.82 Å². The third-order valence-electron chi connectivity index (χ3n) is 6.46. The molecule has 2 aromatic carbocycles. The van der Waals surface area contributed by atoms with E-state index in [9.17, 15) is 22.4 Å². The lowest BCUT2D eigenvalue weighted by atomic mass is 10.1. The number of nitrogens with zero attached hydrogens (tertiary/aromatic N) is 4. The maximum absolute atomic E-state index is 13.2. The number of halogens is 1. The van der Waals surface area contributed by atoms with Crippen LogP contribution in [0.5, 0.6) is 0 Å². The Morgan fingerprint density at radius 3 is 2.24 bits per heavy atom. The fraction of sp³-hybridized carbons (Fsp3) is 0.391. The minimum absolute atomic E-state index is 0.00376. The van der Waals surface area contributed by atoms with E-state index < -0.39 is 21.7 Å². The molecule has 2 aromatic rings. The molecule has 0 radical (unpaired) electrons. The van der Waals surface area contributed by atoms with E-state index in [1.54, 1.807) is 18.2 Å². The number of hydrogen-bond donors (Lipinski definition) is 0. The van der Waals surface area contributed by atoms with Crippen LogP contribution in [-0.4, -0.2) is 88.5 Å². The van der Waals surface area contributed by atoms with Crippen molar-refractivity contribution in [3.63, 3.8) is 0 Å². The first-order chi connectivity index (χ1) is 16.3. The molecule has 9 nitrogen and oxygen atoms in total. The molecule has 0 aliphatic carbocycles. The van der Waals surface area contributed by atoms with Gasteiger partial charge in [-0.15, -0.1) is 0 Å². The van der Waals surface area contributed by atoms with Crippen LogP contribution in [-0.2, 0) is 19.6 Å². The van der Waals surface area contributed by atoms with Crippen molar-refractivity contribution in [2.45, 2.75) is 4.90 Å². The first-order valence-electron chi connectivity index (χ1n) is 11.2. The number of ketones is 1. The van der Waals surface area contributed by atoms with Gasteiger partial charge in [-0.1, -0.05) is 0 Å². The topological polar surface area (TPSA) is 90.5 Å². The van der Waals surface area contributed by atoms with Crippen LogP contribution in [0.1, 0.15) is 10.4 Å². The van der Waals surface area contributed by atoms with Gasteiger partial charge in [0.05, 0.1) is 36.0 Å². The van der Waals surface area contributed by atoms with Crippen LogP contribution >= 0.6 is 0 Å². The number of anilines is 2. The van der Waals surface area contributed by atoms with E-state index in [-0.39, 0.29) is 36.0 Å². The molecule has 2 saturated heterocycles. The Balaban J connectivity index is 1.29. The Bertz CT molecular complexity index is 1210. The van der Waals surface area contributed by atoms with Gasteiger partial charge in [-0.3, -0.25) is 19.4 Å². The molecule has 11 heteroatoms. The summed E-state index contributed by atoms with van der Waals surface area (Å²) in [6, 6.07) is 10.7. The largest absolute Gasteiger partial charge is 0.379 e. The maximum Gasteiger partial charge on any atom is 0.300 e. The van der Waals surface area contributed by atoms with Crippen LogP contribution in [0.3, 0.4) is 0 Å². The molecule has 0 spiro atoms. The predicted octanol–water partition coefficient (Wildman–Crippen LogP) is 1.16. The number of carbonyl (C=O) groups excluding carboxylic acids is 2. The molecule has 0 atom stereocenters. The fourth-order valence-electron chi connectivity index (χ4n) is 4.52. The van der Waals surface area contributed by atoms with Gasteiger partial charge in [0.25, 0.3) is 5.78 Å². The lowest BCUT2D eigenvalue weighted by Gasteiger charge is -2.37. The van der Waals surface area contributed by atoms with Gasteiger partial charge < -0.3 is 9.64 Å². The molecule has 0 aromatic heterocycles. The van der Waals surface area contributed by atoms with Crippen LogP contribution in [0.25, 0.3) is 0 Å². The number of ether oxygens (including phenoxy) is 1. The van der Waals surface area contributed by atoms with Gasteiger partial charge in [-0.25, -0.2) is 12.8 Å². The molecular weight excluding hydrogens is 463 g/mol. The standard InChI is InChI=1S/C23H25FN4O5S/c24-17-1-3-18(4-2-17)26-9-7-25(8-10-26)16-28-21-6-5-19(15-20(21)22(29)23(28)30)34(31,32)27-11-13-33-14-12-27/h1-6,15H,7-14,16H2. The van der Waals surface area contributed by atoms with Gasteiger partial charge in [0.1, 0.15) is 5.82 Å². The summed E-state index contributed by atoms with van der Waals surface area (Å²) < 4.78 is 45.7. The molecule has 3 aliphatic rings. The number of piperazine rings is 1. The smallest absolute Gasteiger partial charge is 0.300 e. The van der Waals surface area contributed by atoms with E-state index in [2.05, 4.69) is 9.80 Å². The molecule has 5 rings (SSSR count). The lowest BCUT2D eigenvalue weighted by Crippen LogP contribution is -2.51.